The van der Waals surface area contributed by atoms with E-state index in [1.165, 1.54) is 0 Å². The SMILES string of the molecule is CO[C@H]1O[C@H](C[O-])[C@@H](OCc2ccccc2)[C@H](OCc2ccccc2)[C@H]1OCc1ccccc1.[K+]. The van der Waals surface area contributed by atoms with E-state index in [1.807, 2.05) is 91.0 Å². The molecule has 35 heavy (non-hydrogen) atoms. The fourth-order valence-corrected chi connectivity index (χ4v) is 4.07. The minimum absolute atomic E-state index is 0. The Morgan fingerprint density at radius 2 is 1.03 bits per heavy atom. The molecule has 0 spiro atoms. The molecule has 0 bridgehead atoms. The van der Waals surface area contributed by atoms with E-state index in [1.54, 1.807) is 7.11 Å². The van der Waals surface area contributed by atoms with Gasteiger partial charge in [-0.25, -0.2) is 0 Å². The number of methoxy groups -OCH3 is 1. The monoisotopic (exact) mass is 502 g/mol. The molecule has 3 aromatic carbocycles. The summed E-state index contributed by atoms with van der Waals surface area (Å²) in [6, 6.07) is 29.6. The maximum absolute atomic E-state index is 12.1. The number of hydrogen-bond donors (Lipinski definition) is 0. The summed E-state index contributed by atoms with van der Waals surface area (Å²) in [5.74, 6) is 0. The van der Waals surface area contributed by atoms with Crippen LogP contribution in [0.4, 0.5) is 0 Å². The van der Waals surface area contributed by atoms with E-state index < -0.39 is 37.3 Å². The molecule has 5 atom stereocenters. The van der Waals surface area contributed by atoms with Gasteiger partial charge in [-0.05, 0) is 16.7 Å². The maximum Gasteiger partial charge on any atom is 1.00 e. The van der Waals surface area contributed by atoms with E-state index in [-0.39, 0.29) is 51.4 Å². The van der Waals surface area contributed by atoms with Crippen molar-refractivity contribution in [1.29, 1.82) is 0 Å². The van der Waals surface area contributed by atoms with Crippen molar-refractivity contribution in [2.75, 3.05) is 13.7 Å². The molecule has 1 fully saturated rings. The van der Waals surface area contributed by atoms with Crippen LogP contribution in [0.15, 0.2) is 91.0 Å². The summed E-state index contributed by atoms with van der Waals surface area (Å²) in [4.78, 5) is 0. The van der Waals surface area contributed by atoms with Crippen LogP contribution in [0.5, 0.6) is 0 Å². The maximum atomic E-state index is 12.1. The van der Waals surface area contributed by atoms with Gasteiger partial charge in [0.2, 0.25) is 0 Å². The summed E-state index contributed by atoms with van der Waals surface area (Å²) in [6.07, 6.45) is -3.25. The molecule has 0 radical (unpaired) electrons. The normalized spacial score (nSPS) is 24.0. The van der Waals surface area contributed by atoms with Crippen LogP contribution in [-0.2, 0) is 43.5 Å². The molecular formula is C28H31KO6. The van der Waals surface area contributed by atoms with E-state index in [0.717, 1.165) is 16.7 Å². The fourth-order valence-electron chi connectivity index (χ4n) is 4.07. The molecule has 1 aliphatic rings. The molecular weight excluding hydrogens is 471 g/mol. The van der Waals surface area contributed by atoms with Gasteiger partial charge in [-0.3, -0.25) is 0 Å². The molecule has 1 saturated heterocycles. The first-order valence-corrected chi connectivity index (χ1v) is 11.5. The Hall–Kier alpha value is -0.944. The van der Waals surface area contributed by atoms with Crippen molar-refractivity contribution in [1.82, 2.24) is 0 Å². The summed E-state index contributed by atoms with van der Waals surface area (Å²) in [6.45, 7) is 0.562. The van der Waals surface area contributed by atoms with Gasteiger partial charge in [-0.15, -0.1) is 6.61 Å². The predicted octanol–water partition coefficient (Wildman–Crippen LogP) is 0.478. The molecule has 0 unspecified atom stereocenters. The number of rotatable bonds is 11. The predicted molar refractivity (Wildman–Crippen MR) is 126 cm³/mol. The zero-order valence-corrected chi connectivity index (χ0v) is 23.4. The van der Waals surface area contributed by atoms with Gasteiger partial charge in [-0.2, -0.15) is 0 Å². The molecule has 3 aromatic rings. The van der Waals surface area contributed by atoms with Crippen LogP contribution in [0.2, 0.25) is 0 Å². The van der Waals surface area contributed by atoms with Gasteiger partial charge in [0.05, 0.1) is 25.9 Å². The van der Waals surface area contributed by atoms with Gasteiger partial charge >= 0.3 is 51.4 Å². The van der Waals surface area contributed by atoms with Gasteiger partial charge in [0.25, 0.3) is 0 Å². The fraction of sp³-hybridized carbons (Fsp3) is 0.357. The van der Waals surface area contributed by atoms with Crippen LogP contribution in [0, 0.1) is 0 Å². The second kappa shape index (κ2) is 15.3. The van der Waals surface area contributed by atoms with Crippen molar-refractivity contribution in [3.8, 4) is 0 Å². The molecule has 1 aliphatic heterocycles. The first kappa shape index (κ1) is 28.6. The Bertz CT molecular complexity index is 901. The van der Waals surface area contributed by atoms with E-state index in [9.17, 15) is 5.11 Å². The molecule has 0 amide bonds. The van der Waals surface area contributed by atoms with Crippen molar-refractivity contribution >= 4 is 0 Å². The Morgan fingerprint density at radius 1 is 0.629 bits per heavy atom. The van der Waals surface area contributed by atoms with Crippen LogP contribution < -0.4 is 56.5 Å². The van der Waals surface area contributed by atoms with Crippen LogP contribution in [0.25, 0.3) is 0 Å². The van der Waals surface area contributed by atoms with Gasteiger partial charge < -0.3 is 28.8 Å². The summed E-state index contributed by atoms with van der Waals surface area (Å²) >= 11 is 0. The summed E-state index contributed by atoms with van der Waals surface area (Å²) in [5.41, 5.74) is 3.04. The third kappa shape index (κ3) is 8.28. The molecule has 7 heteroatoms. The largest absolute Gasteiger partial charge is 1.00 e. The Kier molecular flexibility index (Phi) is 12.5. The first-order valence-electron chi connectivity index (χ1n) is 11.5. The standard InChI is InChI=1S/C28H31O6.K/c1-30-28-27(33-20-23-15-9-4-10-16-23)26(32-19-22-13-7-3-8-14-22)25(24(17-29)34-28)31-18-21-11-5-2-6-12-21;/h2-16,24-28H,17-20H2,1H3;/q-1;+1/t24-,25-,26+,27-,28+;/m1./s1. The number of ether oxygens (including phenoxy) is 5. The van der Waals surface area contributed by atoms with Crippen molar-refractivity contribution in [2.45, 2.75) is 50.5 Å². The van der Waals surface area contributed by atoms with Crippen LogP contribution >= 0.6 is 0 Å². The Balaban J connectivity index is 0.00000342. The molecule has 6 nitrogen and oxygen atoms in total. The van der Waals surface area contributed by atoms with Crippen molar-refractivity contribution < 1.29 is 80.2 Å². The van der Waals surface area contributed by atoms with E-state index in [2.05, 4.69) is 0 Å². The summed E-state index contributed by atoms with van der Waals surface area (Å²) in [5, 5.41) is 12.1. The summed E-state index contributed by atoms with van der Waals surface area (Å²) < 4.78 is 30.5. The molecule has 180 valence electrons. The minimum Gasteiger partial charge on any atom is -0.853 e. The van der Waals surface area contributed by atoms with Crippen molar-refractivity contribution in [3.63, 3.8) is 0 Å². The van der Waals surface area contributed by atoms with Crippen LogP contribution in [0.1, 0.15) is 16.7 Å². The van der Waals surface area contributed by atoms with Gasteiger partial charge in [0, 0.05) is 7.11 Å². The van der Waals surface area contributed by atoms with Crippen molar-refractivity contribution in [3.05, 3.63) is 108 Å². The number of hydrogen-bond acceptors (Lipinski definition) is 6. The molecule has 4 rings (SSSR count). The topological polar surface area (TPSA) is 69.2 Å². The smallest absolute Gasteiger partial charge is 0.853 e. The van der Waals surface area contributed by atoms with E-state index >= 15 is 0 Å². The average molecular weight is 503 g/mol. The molecule has 0 saturated carbocycles. The van der Waals surface area contributed by atoms with Crippen molar-refractivity contribution in [2.24, 2.45) is 0 Å². The average Bonchev–Trinajstić information content (AvgIpc) is 2.91. The third-order valence-corrected chi connectivity index (χ3v) is 5.84. The third-order valence-electron chi connectivity index (χ3n) is 5.84. The van der Waals surface area contributed by atoms with Crippen LogP contribution in [-0.4, -0.2) is 44.4 Å². The zero-order chi connectivity index (χ0) is 23.6. The van der Waals surface area contributed by atoms with E-state index in [4.69, 9.17) is 23.7 Å². The second-order valence-corrected chi connectivity index (χ2v) is 8.23. The van der Waals surface area contributed by atoms with Gasteiger partial charge in [-0.1, -0.05) is 91.0 Å². The Morgan fingerprint density at radius 3 is 1.43 bits per heavy atom. The zero-order valence-electron chi connectivity index (χ0n) is 20.3. The van der Waals surface area contributed by atoms with E-state index in [0.29, 0.717) is 19.8 Å². The molecule has 0 N–H and O–H groups in total. The first-order chi connectivity index (χ1) is 16.8. The molecule has 1 heterocycles. The summed E-state index contributed by atoms with van der Waals surface area (Å²) in [7, 11) is 1.55. The Labute approximate surface area is 249 Å². The molecule has 0 aliphatic carbocycles. The number of benzene rings is 3. The second-order valence-electron chi connectivity index (χ2n) is 8.23. The quantitative estimate of drug-likeness (QED) is 0.356. The molecule has 0 aromatic heterocycles. The van der Waals surface area contributed by atoms with Crippen LogP contribution in [0.3, 0.4) is 0 Å². The van der Waals surface area contributed by atoms with Gasteiger partial charge in [0.15, 0.2) is 6.29 Å². The minimum atomic E-state index is -0.750. The van der Waals surface area contributed by atoms with Gasteiger partial charge in [0.1, 0.15) is 18.3 Å².